The number of nitrogens with one attached hydrogen (secondary N) is 1. The van der Waals surface area contributed by atoms with Crippen molar-refractivity contribution in [1.29, 1.82) is 0 Å². The Hall–Kier alpha value is -3.69. The number of hydrogen-bond acceptors (Lipinski definition) is 5. The van der Waals surface area contributed by atoms with Gasteiger partial charge >= 0.3 is 5.69 Å². The lowest BCUT2D eigenvalue weighted by atomic mass is 10.1. The van der Waals surface area contributed by atoms with Gasteiger partial charge in [-0.15, -0.1) is 0 Å². The smallest absolute Gasteiger partial charge is 0.330 e. The second-order valence-electron chi connectivity index (χ2n) is 8.26. The molecule has 9 nitrogen and oxygen atoms in total. The second kappa shape index (κ2) is 10.3. The van der Waals surface area contributed by atoms with Crippen LogP contribution >= 0.6 is 0 Å². The highest BCUT2D eigenvalue weighted by Gasteiger charge is 2.27. The van der Waals surface area contributed by atoms with Gasteiger partial charge in [-0.25, -0.2) is 13.9 Å². The van der Waals surface area contributed by atoms with Crippen LogP contribution in [-0.4, -0.2) is 31.8 Å². The molecule has 10 heteroatoms. The maximum absolute atomic E-state index is 13.6. The molecule has 2 aromatic heterocycles. The minimum absolute atomic E-state index is 0.0566. The van der Waals surface area contributed by atoms with Gasteiger partial charge in [0, 0.05) is 19.3 Å². The van der Waals surface area contributed by atoms with Crippen molar-refractivity contribution in [3.8, 4) is 5.69 Å². The number of rotatable bonds is 9. The van der Waals surface area contributed by atoms with Gasteiger partial charge in [-0.3, -0.25) is 24.0 Å². The number of H-pyrrole nitrogens is 1. The van der Waals surface area contributed by atoms with E-state index in [0.717, 1.165) is 6.42 Å². The Morgan fingerprint density at radius 1 is 1.27 bits per heavy atom. The summed E-state index contributed by atoms with van der Waals surface area (Å²) < 4.78 is 16.3. The molecule has 0 aliphatic heterocycles. The Labute approximate surface area is 190 Å². The fraction of sp³-hybridized carbons (Fsp3) is 0.391. The van der Waals surface area contributed by atoms with Crippen molar-refractivity contribution < 1.29 is 9.18 Å². The van der Waals surface area contributed by atoms with Crippen molar-refractivity contribution in [3.63, 3.8) is 0 Å². The highest BCUT2D eigenvalue weighted by molar-refractivity contribution is 6.06. The summed E-state index contributed by atoms with van der Waals surface area (Å²) in [6.45, 7) is 6.50. The van der Waals surface area contributed by atoms with E-state index in [1.807, 2.05) is 20.8 Å². The third kappa shape index (κ3) is 5.39. The van der Waals surface area contributed by atoms with Crippen molar-refractivity contribution in [3.05, 3.63) is 68.9 Å². The van der Waals surface area contributed by atoms with Crippen molar-refractivity contribution >= 4 is 17.4 Å². The van der Waals surface area contributed by atoms with Crippen LogP contribution in [0.15, 0.2) is 46.1 Å². The summed E-state index contributed by atoms with van der Waals surface area (Å²) in [7, 11) is 0. The lowest BCUT2D eigenvalue weighted by Gasteiger charge is -2.24. The van der Waals surface area contributed by atoms with Crippen LogP contribution in [0, 0.1) is 11.7 Å². The van der Waals surface area contributed by atoms with E-state index in [4.69, 9.17) is 5.73 Å². The van der Waals surface area contributed by atoms with Crippen LogP contribution in [-0.2, 0) is 6.54 Å². The Bertz CT molecular complexity index is 1240. The minimum Gasteiger partial charge on any atom is -0.383 e. The molecule has 2 heterocycles. The van der Waals surface area contributed by atoms with Gasteiger partial charge in [-0.1, -0.05) is 33.3 Å². The molecule has 176 valence electrons. The fourth-order valence-electron chi connectivity index (χ4n) is 3.42. The topological polar surface area (TPSA) is 119 Å². The maximum atomic E-state index is 13.6. The second-order valence-corrected chi connectivity index (χ2v) is 8.26. The van der Waals surface area contributed by atoms with Gasteiger partial charge in [-0.05, 0) is 43.0 Å². The Balaban J connectivity index is 2.05. The summed E-state index contributed by atoms with van der Waals surface area (Å²) in [5.74, 6) is -0.776. The van der Waals surface area contributed by atoms with E-state index < -0.39 is 23.0 Å². The highest BCUT2D eigenvalue weighted by Crippen LogP contribution is 2.21. The van der Waals surface area contributed by atoms with Gasteiger partial charge in [0.05, 0.1) is 5.69 Å². The van der Waals surface area contributed by atoms with Crippen LogP contribution in [0.25, 0.3) is 5.69 Å². The van der Waals surface area contributed by atoms with E-state index in [9.17, 15) is 18.8 Å². The average Bonchev–Trinajstić information content (AvgIpc) is 3.25. The Morgan fingerprint density at radius 3 is 2.70 bits per heavy atom. The van der Waals surface area contributed by atoms with Gasteiger partial charge in [0.25, 0.3) is 11.5 Å². The molecule has 33 heavy (non-hydrogen) atoms. The van der Waals surface area contributed by atoms with Crippen LogP contribution in [0.3, 0.4) is 0 Å². The molecule has 0 atom stereocenters. The molecule has 0 saturated heterocycles. The third-order valence-electron chi connectivity index (χ3n) is 5.28. The summed E-state index contributed by atoms with van der Waals surface area (Å²) in [6.07, 6.45) is 3.66. The molecule has 1 amide bonds. The van der Waals surface area contributed by atoms with Gasteiger partial charge in [-0.2, -0.15) is 5.10 Å². The maximum Gasteiger partial charge on any atom is 0.330 e. The molecule has 0 bridgehead atoms. The first kappa shape index (κ1) is 24.0. The number of carbonyl (C=O) groups excluding carboxylic acids is 1. The number of carbonyl (C=O) groups is 1. The van der Waals surface area contributed by atoms with E-state index in [1.165, 1.54) is 32.3 Å². The van der Waals surface area contributed by atoms with Crippen molar-refractivity contribution in [2.24, 2.45) is 5.92 Å². The molecule has 0 saturated carbocycles. The SMILES string of the molecule is CCCCn1c(N)c(N(CCC(C)C)C(=O)c2ccn(-c3cccc(F)c3)n2)c(=O)[nH]c1=O. The number of amides is 1. The van der Waals surface area contributed by atoms with Crippen LogP contribution < -0.4 is 21.9 Å². The predicted octanol–water partition coefficient (Wildman–Crippen LogP) is 2.94. The number of hydrogen-bond donors (Lipinski definition) is 2. The number of aromatic nitrogens is 4. The number of nitrogen functional groups attached to an aromatic ring is 1. The number of nitrogens with two attached hydrogens (primary N) is 1. The molecule has 0 spiro atoms. The van der Waals surface area contributed by atoms with Gasteiger partial charge in [0.1, 0.15) is 11.6 Å². The molecular formula is C23H29FN6O3. The largest absolute Gasteiger partial charge is 0.383 e. The molecule has 1 aromatic carbocycles. The Kier molecular flexibility index (Phi) is 7.47. The average molecular weight is 457 g/mol. The number of anilines is 2. The summed E-state index contributed by atoms with van der Waals surface area (Å²) in [5, 5.41) is 4.28. The highest BCUT2D eigenvalue weighted by atomic mass is 19.1. The number of unbranched alkanes of at least 4 members (excludes halogenated alkanes) is 1. The molecule has 3 N–H and O–H groups in total. The quantitative estimate of drug-likeness (QED) is 0.513. The lowest BCUT2D eigenvalue weighted by Crippen LogP contribution is -2.42. The standard InChI is InChI=1S/C23H29FN6O3/c1-4-5-11-29-20(25)19(21(31)26-23(29)33)28(12-9-15(2)3)22(32)18-10-13-30(27-18)17-8-6-7-16(24)14-17/h6-8,10,13-15H,4-5,9,11-12,25H2,1-3H3,(H,26,31,33). The van der Waals surface area contributed by atoms with Crippen LogP contribution in [0.2, 0.25) is 0 Å². The first-order valence-electron chi connectivity index (χ1n) is 11.0. The summed E-state index contributed by atoms with van der Waals surface area (Å²) in [6, 6.07) is 7.31. The van der Waals surface area contributed by atoms with E-state index in [1.54, 1.807) is 18.3 Å². The van der Waals surface area contributed by atoms with Crippen molar-refractivity contribution in [1.82, 2.24) is 19.3 Å². The number of aromatic amines is 1. The normalized spacial score (nSPS) is 11.2. The molecule has 0 unspecified atom stereocenters. The number of benzene rings is 1. The molecular weight excluding hydrogens is 427 g/mol. The monoisotopic (exact) mass is 456 g/mol. The lowest BCUT2D eigenvalue weighted by molar-refractivity contribution is 0.0980. The predicted molar refractivity (Wildman–Crippen MR) is 125 cm³/mol. The van der Waals surface area contributed by atoms with E-state index in [-0.39, 0.29) is 29.7 Å². The zero-order valence-corrected chi connectivity index (χ0v) is 19.0. The first-order valence-corrected chi connectivity index (χ1v) is 11.0. The van der Waals surface area contributed by atoms with E-state index in [2.05, 4.69) is 10.1 Å². The van der Waals surface area contributed by atoms with E-state index in [0.29, 0.717) is 25.1 Å². The van der Waals surface area contributed by atoms with Crippen molar-refractivity contribution in [2.45, 2.75) is 46.6 Å². The molecule has 0 aliphatic rings. The number of nitrogens with zero attached hydrogens (tertiary/aromatic N) is 4. The van der Waals surface area contributed by atoms with Crippen LogP contribution in [0.1, 0.15) is 50.5 Å². The number of halogens is 1. The van der Waals surface area contributed by atoms with E-state index >= 15 is 0 Å². The summed E-state index contributed by atoms with van der Waals surface area (Å²) in [5.41, 5.74) is 5.35. The molecule has 0 aliphatic carbocycles. The summed E-state index contributed by atoms with van der Waals surface area (Å²) in [4.78, 5) is 42.1. The van der Waals surface area contributed by atoms with Crippen LogP contribution in [0.5, 0.6) is 0 Å². The van der Waals surface area contributed by atoms with Gasteiger partial charge in [0.15, 0.2) is 11.4 Å². The minimum atomic E-state index is -0.730. The van der Waals surface area contributed by atoms with Gasteiger partial charge < -0.3 is 5.73 Å². The first-order chi connectivity index (χ1) is 15.7. The molecule has 0 fully saturated rings. The third-order valence-corrected chi connectivity index (χ3v) is 5.28. The summed E-state index contributed by atoms with van der Waals surface area (Å²) >= 11 is 0. The van der Waals surface area contributed by atoms with Gasteiger partial charge in [0.2, 0.25) is 0 Å². The Morgan fingerprint density at radius 2 is 2.03 bits per heavy atom. The zero-order chi connectivity index (χ0) is 24.1. The van der Waals surface area contributed by atoms with Crippen LogP contribution in [0.4, 0.5) is 15.9 Å². The molecule has 3 aromatic rings. The zero-order valence-electron chi connectivity index (χ0n) is 19.0. The molecule has 3 rings (SSSR count). The molecule has 0 radical (unpaired) electrons. The fourth-order valence-corrected chi connectivity index (χ4v) is 3.42. The van der Waals surface area contributed by atoms with Crippen molar-refractivity contribution in [2.75, 3.05) is 17.2 Å².